The Bertz CT molecular complexity index is 186. The molecule has 0 amide bonds. The second-order valence-electron chi connectivity index (χ2n) is 2.24. The van der Waals surface area contributed by atoms with Crippen molar-refractivity contribution >= 4 is 10.1 Å². The number of unbranched alkanes of at least 4 members (excludes halogenated alkanes) is 2. The molecule has 0 spiro atoms. The van der Waals surface area contributed by atoms with Gasteiger partial charge in [-0.25, -0.2) is 0 Å². The van der Waals surface area contributed by atoms with Gasteiger partial charge in [0.15, 0.2) is 0 Å². The van der Waals surface area contributed by atoms with Crippen molar-refractivity contribution in [3.05, 3.63) is 19.6 Å². The molecule has 0 aromatic carbocycles. The fourth-order valence-electron chi connectivity index (χ4n) is 0.399. The van der Waals surface area contributed by atoms with Crippen LogP contribution in [0, 0.1) is 6.92 Å². The van der Waals surface area contributed by atoms with Gasteiger partial charge >= 0.3 is 18.9 Å². The van der Waals surface area contributed by atoms with Crippen LogP contribution < -0.4 is 18.9 Å². The van der Waals surface area contributed by atoms with E-state index in [1.807, 2.05) is 0 Å². The van der Waals surface area contributed by atoms with Gasteiger partial charge in [-0.15, -0.1) is 6.58 Å². The predicted molar refractivity (Wildman–Crippen MR) is 51.5 cm³/mol. The number of hydrogen-bond acceptors (Lipinski definition) is 2. The molecule has 0 aliphatic heterocycles. The Morgan fingerprint density at radius 2 is 2.00 bits per heavy atom. The first-order valence-electron chi connectivity index (χ1n) is 3.83. The molecule has 0 aromatic rings. The summed E-state index contributed by atoms with van der Waals surface area (Å²) in [5, 5.41) is 0. The first kappa shape index (κ1) is 18.9. The molecule has 0 saturated carbocycles. The molecule has 0 saturated heterocycles. The summed E-state index contributed by atoms with van der Waals surface area (Å²) in [6, 6.07) is 0. The van der Waals surface area contributed by atoms with Gasteiger partial charge in [0.05, 0.1) is 5.75 Å². The van der Waals surface area contributed by atoms with Crippen LogP contribution in [0.3, 0.4) is 0 Å². The zero-order chi connectivity index (χ0) is 10.0. The molecule has 0 bridgehead atoms. The Hall–Kier alpha value is 0.247. The fraction of sp³-hybridized carbons (Fsp3) is 0.625. The van der Waals surface area contributed by atoms with Crippen molar-refractivity contribution in [1.29, 1.82) is 0 Å². The van der Waals surface area contributed by atoms with Gasteiger partial charge in [-0.05, 0) is 0 Å². The van der Waals surface area contributed by atoms with Crippen LogP contribution in [-0.2, 0) is 10.1 Å². The van der Waals surface area contributed by atoms with Crippen molar-refractivity contribution in [1.82, 2.24) is 0 Å². The summed E-state index contributed by atoms with van der Waals surface area (Å²) < 4.78 is 27.3. The van der Waals surface area contributed by atoms with Gasteiger partial charge in [-0.1, -0.05) is 25.8 Å². The van der Waals surface area contributed by atoms with E-state index in [4.69, 9.17) is 4.55 Å². The molecule has 0 atom stereocenters. The molecule has 0 aliphatic carbocycles. The quantitative estimate of drug-likeness (QED) is 0.276. The van der Waals surface area contributed by atoms with Crippen molar-refractivity contribution in [2.24, 2.45) is 0 Å². The molecule has 0 fully saturated rings. The summed E-state index contributed by atoms with van der Waals surface area (Å²) in [4.78, 5) is 0. The summed E-state index contributed by atoms with van der Waals surface area (Å²) >= 11 is 0. The van der Waals surface area contributed by atoms with Gasteiger partial charge in [-0.2, -0.15) is 14.8 Å². The largest absolute Gasteiger partial charge is 1.00 e. The molecule has 0 radical (unpaired) electrons. The van der Waals surface area contributed by atoms with Gasteiger partial charge < -0.3 is 6.92 Å². The minimum absolute atomic E-state index is 0. The van der Waals surface area contributed by atoms with Crippen LogP contribution in [0.2, 0.25) is 0 Å². The minimum atomic E-state index is -3.79. The van der Waals surface area contributed by atoms with Crippen LogP contribution in [0.5, 0.6) is 0 Å². The molecular weight excluding hydrogens is 183 g/mol. The molecule has 0 unspecified atom stereocenters. The van der Waals surface area contributed by atoms with E-state index in [0.717, 1.165) is 12.5 Å². The van der Waals surface area contributed by atoms with E-state index in [-0.39, 0.29) is 24.6 Å². The van der Waals surface area contributed by atoms with Crippen molar-refractivity contribution in [2.75, 3.05) is 5.75 Å². The SMILES string of the molecule is C=CCS(=O)(=O)O.[CH2-]CCCC.[Li+]. The maximum absolute atomic E-state index is 9.72. The summed E-state index contributed by atoms with van der Waals surface area (Å²) in [6.07, 6.45) is 4.77. The summed E-state index contributed by atoms with van der Waals surface area (Å²) in [6.45, 7) is 8.95. The monoisotopic (exact) mass is 200 g/mol. The fourth-order valence-corrected chi connectivity index (χ4v) is 0.697. The van der Waals surface area contributed by atoms with Crippen LogP contribution >= 0.6 is 0 Å². The van der Waals surface area contributed by atoms with E-state index in [1.54, 1.807) is 0 Å². The van der Waals surface area contributed by atoms with Gasteiger partial charge in [0.2, 0.25) is 0 Å². The molecule has 0 heterocycles. The average molecular weight is 200 g/mol. The van der Waals surface area contributed by atoms with Crippen LogP contribution in [-0.4, -0.2) is 18.7 Å². The van der Waals surface area contributed by atoms with Gasteiger partial charge in [0.1, 0.15) is 0 Å². The van der Waals surface area contributed by atoms with Crippen LogP contribution in [0.25, 0.3) is 0 Å². The van der Waals surface area contributed by atoms with E-state index in [1.165, 1.54) is 12.8 Å². The molecule has 0 aromatic heterocycles. The van der Waals surface area contributed by atoms with Crippen LogP contribution in [0.4, 0.5) is 0 Å². The number of rotatable bonds is 4. The second kappa shape index (κ2) is 12.2. The molecule has 13 heavy (non-hydrogen) atoms. The van der Waals surface area contributed by atoms with Crippen LogP contribution in [0.1, 0.15) is 26.2 Å². The second-order valence-corrected chi connectivity index (χ2v) is 3.74. The summed E-state index contributed by atoms with van der Waals surface area (Å²) in [7, 11) is -3.79. The normalized spacial score (nSPS) is 9.15. The van der Waals surface area contributed by atoms with Crippen LogP contribution in [0.15, 0.2) is 12.7 Å². The summed E-state index contributed by atoms with van der Waals surface area (Å²) in [5.74, 6) is -0.368. The van der Waals surface area contributed by atoms with E-state index in [0.29, 0.717) is 0 Å². The molecule has 0 rings (SSSR count). The maximum atomic E-state index is 9.72. The van der Waals surface area contributed by atoms with Crippen molar-refractivity contribution in [3.63, 3.8) is 0 Å². The first-order chi connectivity index (χ1) is 5.47. The standard InChI is InChI=1S/C5H11.C3H6O3S.Li/c1-3-5-4-2;1-2-3-7(4,5)6;/h1,3-5H2,2H3;2H,1,3H2,(H,4,5,6);/q-1;;+1. The van der Waals surface area contributed by atoms with E-state index < -0.39 is 10.1 Å². The van der Waals surface area contributed by atoms with Crippen molar-refractivity contribution in [2.45, 2.75) is 26.2 Å². The van der Waals surface area contributed by atoms with Gasteiger partial charge in [-0.3, -0.25) is 4.55 Å². The molecule has 1 N–H and O–H groups in total. The predicted octanol–water partition coefficient (Wildman–Crippen LogP) is -0.925. The molecular formula is C8H17LiO3S. The zero-order valence-electron chi connectivity index (χ0n) is 8.49. The third-order valence-electron chi connectivity index (χ3n) is 0.932. The van der Waals surface area contributed by atoms with Crippen molar-refractivity contribution < 1.29 is 31.8 Å². The van der Waals surface area contributed by atoms with Gasteiger partial charge in [0, 0.05) is 0 Å². The van der Waals surface area contributed by atoms with E-state index in [9.17, 15) is 8.42 Å². The first-order valence-corrected chi connectivity index (χ1v) is 5.44. The Kier molecular flexibility index (Phi) is 17.8. The van der Waals surface area contributed by atoms with E-state index in [2.05, 4.69) is 20.4 Å². The summed E-state index contributed by atoms with van der Waals surface area (Å²) in [5.41, 5.74) is 0. The Labute approximate surface area is 93.5 Å². The Balaban J connectivity index is -0.000000150. The third kappa shape index (κ3) is 33.0. The molecule has 5 heteroatoms. The number of hydrogen-bond donors (Lipinski definition) is 1. The molecule has 3 nitrogen and oxygen atoms in total. The average Bonchev–Trinajstić information content (AvgIpc) is 1.87. The molecule has 74 valence electrons. The maximum Gasteiger partial charge on any atom is 1.00 e. The zero-order valence-corrected chi connectivity index (χ0v) is 9.31. The van der Waals surface area contributed by atoms with Gasteiger partial charge in [0.25, 0.3) is 10.1 Å². The Morgan fingerprint density at radius 1 is 1.54 bits per heavy atom. The van der Waals surface area contributed by atoms with E-state index >= 15 is 0 Å². The Morgan fingerprint density at radius 3 is 2.00 bits per heavy atom. The minimum Gasteiger partial charge on any atom is -0.343 e. The smallest absolute Gasteiger partial charge is 0.343 e. The third-order valence-corrected chi connectivity index (χ3v) is 1.59. The van der Waals surface area contributed by atoms with Crippen molar-refractivity contribution in [3.8, 4) is 0 Å². The molecule has 0 aliphatic rings. The topological polar surface area (TPSA) is 54.4 Å².